The number of carbonyl (C=O) groups is 2. The monoisotopic (exact) mass is 337 g/mol. The maximum Gasteiger partial charge on any atom is 0.416 e. The first-order valence-corrected chi connectivity index (χ1v) is 6.86. The van der Waals surface area contributed by atoms with Crippen LogP contribution in [0.15, 0.2) is 48.5 Å². The number of benzene rings is 2. The smallest absolute Gasteiger partial charge is 0.376 e. The molecule has 0 fully saturated rings. The Morgan fingerprint density at radius 2 is 1.67 bits per heavy atom. The van der Waals surface area contributed by atoms with Gasteiger partial charge in [-0.2, -0.15) is 13.2 Å². The number of hydrogen-bond donors (Lipinski definition) is 3. The second-order valence-corrected chi connectivity index (χ2v) is 4.93. The average Bonchev–Trinajstić information content (AvgIpc) is 2.52. The molecule has 0 saturated carbocycles. The number of alkyl halides is 3. The number of nitrogens with one attached hydrogen (secondary N) is 2. The lowest BCUT2D eigenvalue weighted by molar-refractivity contribution is -0.137. The van der Waals surface area contributed by atoms with E-state index in [1.165, 1.54) is 24.3 Å². The van der Waals surface area contributed by atoms with E-state index in [1.807, 2.05) is 0 Å². The molecule has 2 aromatic carbocycles. The van der Waals surface area contributed by atoms with Crippen LogP contribution in [-0.2, 0) is 11.0 Å². The molecule has 0 aliphatic heterocycles. The Bertz CT molecular complexity index is 760. The molecule has 2 amide bonds. The van der Waals surface area contributed by atoms with Crippen LogP contribution in [0.3, 0.4) is 0 Å². The van der Waals surface area contributed by atoms with Crippen molar-refractivity contribution < 1.29 is 22.8 Å². The Morgan fingerprint density at radius 1 is 1.00 bits per heavy atom. The van der Waals surface area contributed by atoms with E-state index in [-0.39, 0.29) is 17.8 Å². The molecule has 0 bridgehead atoms. The minimum atomic E-state index is -4.45. The fourth-order valence-electron chi connectivity index (χ4n) is 1.94. The van der Waals surface area contributed by atoms with Crippen LogP contribution in [0.1, 0.15) is 15.9 Å². The predicted molar refractivity (Wildman–Crippen MR) is 83.5 cm³/mol. The van der Waals surface area contributed by atoms with Gasteiger partial charge >= 0.3 is 6.18 Å². The normalized spacial score (nSPS) is 11.0. The number of hydrogen-bond acceptors (Lipinski definition) is 3. The third-order valence-electron chi connectivity index (χ3n) is 3.07. The quantitative estimate of drug-likeness (QED) is 0.784. The van der Waals surface area contributed by atoms with E-state index in [4.69, 9.17) is 5.73 Å². The van der Waals surface area contributed by atoms with Gasteiger partial charge in [0.1, 0.15) is 0 Å². The first-order valence-electron chi connectivity index (χ1n) is 6.86. The van der Waals surface area contributed by atoms with Gasteiger partial charge in [-0.15, -0.1) is 0 Å². The zero-order valence-corrected chi connectivity index (χ0v) is 12.4. The number of anilines is 2. The van der Waals surface area contributed by atoms with Gasteiger partial charge in [0, 0.05) is 16.9 Å². The Labute approximate surface area is 135 Å². The van der Waals surface area contributed by atoms with Gasteiger partial charge in [0.05, 0.1) is 12.1 Å². The van der Waals surface area contributed by atoms with E-state index >= 15 is 0 Å². The minimum Gasteiger partial charge on any atom is -0.376 e. The summed E-state index contributed by atoms with van der Waals surface area (Å²) in [5.74, 6) is -1.11. The van der Waals surface area contributed by atoms with E-state index in [9.17, 15) is 22.8 Å². The second kappa shape index (κ2) is 7.03. The lowest BCUT2D eigenvalue weighted by atomic mass is 10.2. The van der Waals surface area contributed by atoms with Crippen molar-refractivity contribution >= 4 is 23.2 Å². The van der Waals surface area contributed by atoms with Crippen molar-refractivity contribution in [2.24, 2.45) is 5.73 Å². The molecule has 2 aromatic rings. The molecule has 0 spiro atoms. The van der Waals surface area contributed by atoms with Gasteiger partial charge in [0.25, 0.3) is 0 Å². The van der Waals surface area contributed by atoms with Gasteiger partial charge in [-0.1, -0.05) is 12.1 Å². The number of nitrogens with two attached hydrogens (primary N) is 1. The molecule has 0 aromatic heterocycles. The fourth-order valence-corrected chi connectivity index (χ4v) is 1.94. The van der Waals surface area contributed by atoms with Gasteiger partial charge in [-0.25, -0.2) is 0 Å². The molecule has 0 radical (unpaired) electrons. The largest absolute Gasteiger partial charge is 0.416 e. The topological polar surface area (TPSA) is 84.2 Å². The third kappa shape index (κ3) is 4.73. The molecule has 2 rings (SSSR count). The zero-order chi connectivity index (χ0) is 17.7. The van der Waals surface area contributed by atoms with E-state index in [0.29, 0.717) is 5.69 Å². The van der Waals surface area contributed by atoms with Crippen molar-refractivity contribution in [1.82, 2.24) is 0 Å². The highest BCUT2D eigenvalue weighted by Crippen LogP contribution is 2.30. The molecule has 0 heterocycles. The predicted octanol–water partition coefficient (Wildman–Crippen LogP) is 2.85. The van der Waals surface area contributed by atoms with Gasteiger partial charge in [-0.05, 0) is 36.4 Å². The van der Waals surface area contributed by atoms with Crippen LogP contribution in [0.25, 0.3) is 0 Å². The first-order chi connectivity index (χ1) is 11.3. The number of rotatable bonds is 5. The molecule has 5 nitrogen and oxygen atoms in total. The maximum absolute atomic E-state index is 12.6. The summed E-state index contributed by atoms with van der Waals surface area (Å²) in [6.07, 6.45) is -4.45. The number of primary amides is 1. The standard InChI is InChI=1S/C16H14F3N3O2/c17-16(18,19)11-4-2-5-12(8-11)21-9-14(23)22-13-6-1-3-10(7-13)15(20)24/h1-8,21H,9H2,(H2,20,24)(H,22,23). The molecule has 0 saturated heterocycles. The maximum atomic E-state index is 12.6. The molecule has 0 atom stereocenters. The summed E-state index contributed by atoms with van der Waals surface area (Å²) in [5.41, 5.74) is 5.11. The van der Waals surface area contributed by atoms with E-state index in [0.717, 1.165) is 12.1 Å². The van der Waals surface area contributed by atoms with E-state index in [2.05, 4.69) is 10.6 Å². The number of halogens is 3. The molecule has 126 valence electrons. The van der Waals surface area contributed by atoms with Crippen molar-refractivity contribution in [2.75, 3.05) is 17.2 Å². The van der Waals surface area contributed by atoms with Crippen molar-refractivity contribution in [1.29, 1.82) is 0 Å². The molecule has 4 N–H and O–H groups in total. The molecule has 0 aliphatic rings. The minimum absolute atomic E-state index is 0.172. The van der Waals surface area contributed by atoms with Crippen molar-refractivity contribution in [3.05, 3.63) is 59.7 Å². The highest BCUT2D eigenvalue weighted by atomic mass is 19.4. The van der Waals surface area contributed by atoms with Crippen LogP contribution in [0.4, 0.5) is 24.5 Å². The van der Waals surface area contributed by atoms with Crippen LogP contribution in [-0.4, -0.2) is 18.4 Å². The van der Waals surface area contributed by atoms with E-state index < -0.39 is 23.6 Å². The Kier molecular flexibility index (Phi) is 5.08. The molecule has 0 unspecified atom stereocenters. The summed E-state index contributed by atoms with van der Waals surface area (Å²) < 4.78 is 37.8. The molecule has 0 aliphatic carbocycles. The van der Waals surface area contributed by atoms with Gasteiger partial charge in [0.2, 0.25) is 11.8 Å². The summed E-state index contributed by atoms with van der Waals surface area (Å²) in [6.45, 7) is -0.234. The summed E-state index contributed by atoms with van der Waals surface area (Å²) in [7, 11) is 0. The summed E-state index contributed by atoms with van der Waals surface area (Å²) in [5, 5.41) is 5.13. The van der Waals surface area contributed by atoms with Gasteiger partial charge in [-0.3, -0.25) is 9.59 Å². The number of carbonyl (C=O) groups excluding carboxylic acids is 2. The number of amides is 2. The van der Waals surface area contributed by atoms with Crippen LogP contribution < -0.4 is 16.4 Å². The SMILES string of the molecule is NC(=O)c1cccc(NC(=O)CNc2cccc(C(F)(F)F)c2)c1. The summed E-state index contributed by atoms with van der Waals surface area (Å²) in [6, 6.07) is 10.6. The van der Waals surface area contributed by atoms with Crippen molar-refractivity contribution in [3.63, 3.8) is 0 Å². The molecule has 24 heavy (non-hydrogen) atoms. The highest BCUT2D eigenvalue weighted by Gasteiger charge is 2.30. The lowest BCUT2D eigenvalue weighted by Crippen LogP contribution is -2.22. The van der Waals surface area contributed by atoms with Crippen LogP contribution >= 0.6 is 0 Å². The van der Waals surface area contributed by atoms with Crippen LogP contribution in [0.2, 0.25) is 0 Å². The van der Waals surface area contributed by atoms with Crippen molar-refractivity contribution in [2.45, 2.75) is 6.18 Å². The lowest BCUT2D eigenvalue weighted by Gasteiger charge is -2.11. The van der Waals surface area contributed by atoms with E-state index in [1.54, 1.807) is 12.1 Å². The fraction of sp³-hybridized carbons (Fsp3) is 0.125. The average molecular weight is 337 g/mol. The first kappa shape index (κ1) is 17.3. The van der Waals surface area contributed by atoms with Crippen LogP contribution in [0.5, 0.6) is 0 Å². The van der Waals surface area contributed by atoms with Crippen LogP contribution in [0, 0.1) is 0 Å². The molecule has 8 heteroatoms. The molecular formula is C16H14F3N3O2. The van der Waals surface area contributed by atoms with Crippen molar-refractivity contribution in [3.8, 4) is 0 Å². The Balaban J connectivity index is 1.96. The summed E-state index contributed by atoms with van der Waals surface area (Å²) in [4.78, 5) is 22.9. The Morgan fingerprint density at radius 3 is 2.33 bits per heavy atom. The van der Waals surface area contributed by atoms with Gasteiger partial charge in [0.15, 0.2) is 0 Å². The summed E-state index contributed by atoms with van der Waals surface area (Å²) >= 11 is 0. The Hall–Kier alpha value is -3.03. The second-order valence-electron chi connectivity index (χ2n) is 4.93. The highest BCUT2D eigenvalue weighted by molar-refractivity contribution is 5.97. The third-order valence-corrected chi connectivity index (χ3v) is 3.07. The van der Waals surface area contributed by atoms with Gasteiger partial charge < -0.3 is 16.4 Å². The molecular weight excluding hydrogens is 323 g/mol. The zero-order valence-electron chi connectivity index (χ0n) is 12.4.